The molecule has 1 aliphatic heterocycles. The number of nitrogens with zero attached hydrogens (tertiary/aromatic N) is 1. The Bertz CT molecular complexity index is 496. The van der Waals surface area contributed by atoms with Crippen molar-refractivity contribution in [1.29, 1.82) is 0 Å². The number of piperidine rings is 1. The van der Waals surface area contributed by atoms with Gasteiger partial charge >= 0.3 is 0 Å². The third kappa shape index (κ3) is 4.17. The summed E-state index contributed by atoms with van der Waals surface area (Å²) in [5, 5.41) is 2.88. The van der Waals surface area contributed by atoms with Crippen molar-refractivity contribution in [3.05, 3.63) is 29.6 Å². The summed E-state index contributed by atoms with van der Waals surface area (Å²) in [5.74, 6) is 0.297. The van der Waals surface area contributed by atoms with E-state index in [9.17, 15) is 9.18 Å². The Morgan fingerprint density at radius 1 is 1.48 bits per heavy atom. The maximum Gasteiger partial charge on any atom is 0.216 e. The molecule has 0 spiro atoms. The van der Waals surface area contributed by atoms with E-state index in [1.165, 1.54) is 12.1 Å². The van der Waals surface area contributed by atoms with Crippen molar-refractivity contribution >= 4 is 11.6 Å². The van der Waals surface area contributed by atoms with Crippen LogP contribution in [0.25, 0.3) is 0 Å². The zero-order valence-corrected chi connectivity index (χ0v) is 12.7. The highest BCUT2D eigenvalue weighted by Gasteiger charge is 2.22. The summed E-state index contributed by atoms with van der Waals surface area (Å²) in [7, 11) is 0. The summed E-state index contributed by atoms with van der Waals surface area (Å²) in [6.07, 6.45) is 2.05. The van der Waals surface area contributed by atoms with E-state index in [2.05, 4.69) is 10.2 Å². The van der Waals surface area contributed by atoms with E-state index in [0.717, 1.165) is 43.7 Å². The Morgan fingerprint density at radius 3 is 2.71 bits per heavy atom. The number of nitrogens with two attached hydrogens (primary N) is 1. The molecule has 4 nitrogen and oxygen atoms in total. The fourth-order valence-corrected chi connectivity index (χ4v) is 2.84. The summed E-state index contributed by atoms with van der Waals surface area (Å²) < 4.78 is 13.4. The van der Waals surface area contributed by atoms with Gasteiger partial charge in [0.15, 0.2) is 0 Å². The van der Waals surface area contributed by atoms with Crippen LogP contribution in [-0.2, 0) is 4.79 Å². The quantitative estimate of drug-likeness (QED) is 0.894. The molecule has 21 heavy (non-hydrogen) atoms. The second-order valence-electron chi connectivity index (χ2n) is 5.86. The molecule has 5 heteroatoms. The molecule has 0 unspecified atom stereocenters. The molecule has 2 rings (SSSR count). The minimum Gasteiger partial charge on any atom is -0.371 e. The standard InChI is InChI=1S/C16H24FN3O/c1-11(18)15-9-14(17)3-4-16(15)20-7-5-13(6-8-20)10-19-12(2)21/h3-4,9,11,13H,5-8,10,18H2,1-2H3,(H,19,21)/t11-/m1/s1. The van der Waals surface area contributed by atoms with Gasteiger partial charge in [0.2, 0.25) is 5.91 Å². The van der Waals surface area contributed by atoms with Crippen LogP contribution in [0.2, 0.25) is 0 Å². The number of hydrogen-bond acceptors (Lipinski definition) is 3. The van der Waals surface area contributed by atoms with Gasteiger partial charge in [0.1, 0.15) is 5.82 Å². The van der Waals surface area contributed by atoms with E-state index in [1.807, 2.05) is 13.0 Å². The largest absolute Gasteiger partial charge is 0.371 e. The van der Waals surface area contributed by atoms with Gasteiger partial charge in [-0.2, -0.15) is 0 Å². The van der Waals surface area contributed by atoms with Gasteiger partial charge in [0.25, 0.3) is 0 Å². The first-order valence-corrected chi connectivity index (χ1v) is 7.51. The molecule has 0 bridgehead atoms. The first kappa shape index (κ1) is 15.8. The molecule has 1 atom stereocenters. The summed E-state index contributed by atoms with van der Waals surface area (Å²) in [5.41, 5.74) is 7.85. The molecule has 0 aromatic heterocycles. The van der Waals surface area contributed by atoms with Crippen LogP contribution in [0.3, 0.4) is 0 Å². The number of benzene rings is 1. The van der Waals surface area contributed by atoms with Crippen LogP contribution >= 0.6 is 0 Å². The summed E-state index contributed by atoms with van der Waals surface area (Å²) in [6, 6.07) is 4.66. The van der Waals surface area contributed by atoms with E-state index in [4.69, 9.17) is 5.73 Å². The van der Waals surface area contributed by atoms with Gasteiger partial charge in [-0.3, -0.25) is 4.79 Å². The molecule has 116 valence electrons. The molecule has 1 amide bonds. The topological polar surface area (TPSA) is 58.4 Å². The average molecular weight is 293 g/mol. The molecule has 0 radical (unpaired) electrons. The Morgan fingerprint density at radius 2 is 2.14 bits per heavy atom. The van der Waals surface area contributed by atoms with Gasteiger partial charge in [0.05, 0.1) is 0 Å². The highest BCUT2D eigenvalue weighted by molar-refractivity contribution is 5.72. The molecule has 3 N–H and O–H groups in total. The predicted molar refractivity (Wildman–Crippen MR) is 82.6 cm³/mol. The van der Waals surface area contributed by atoms with Crippen LogP contribution in [0.4, 0.5) is 10.1 Å². The van der Waals surface area contributed by atoms with E-state index >= 15 is 0 Å². The van der Waals surface area contributed by atoms with Crippen molar-refractivity contribution in [3.63, 3.8) is 0 Å². The lowest BCUT2D eigenvalue weighted by molar-refractivity contribution is -0.119. The van der Waals surface area contributed by atoms with E-state index in [0.29, 0.717) is 5.92 Å². The molecule has 0 saturated carbocycles. The molecule has 1 fully saturated rings. The maximum atomic E-state index is 13.4. The third-order valence-corrected chi connectivity index (χ3v) is 4.08. The SMILES string of the molecule is CC(=O)NCC1CCN(c2ccc(F)cc2[C@@H](C)N)CC1. The third-order valence-electron chi connectivity index (χ3n) is 4.08. The minimum atomic E-state index is -0.244. The van der Waals surface area contributed by atoms with Gasteiger partial charge in [-0.05, 0) is 49.4 Å². The smallest absolute Gasteiger partial charge is 0.216 e. The average Bonchev–Trinajstić information content (AvgIpc) is 2.45. The van der Waals surface area contributed by atoms with Crippen molar-refractivity contribution in [2.75, 3.05) is 24.5 Å². The second-order valence-corrected chi connectivity index (χ2v) is 5.86. The Kier molecular flexibility index (Phi) is 5.17. The fraction of sp³-hybridized carbons (Fsp3) is 0.562. The van der Waals surface area contributed by atoms with Gasteiger partial charge < -0.3 is 16.0 Å². The number of carbonyl (C=O) groups is 1. The lowest BCUT2D eigenvalue weighted by Gasteiger charge is -2.35. The van der Waals surface area contributed by atoms with Gasteiger partial charge in [0, 0.05) is 38.3 Å². The normalized spacial score (nSPS) is 17.6. The van der Waals surface area contributed by atoms with Crippen LogP contribution in [0.5, 0.6) is 0 Å². The number of anilines is 1. The second kappa shape index (κ2) is 6.89. The lowest BCUT2D eigenvalue weighted by atomic mass is 9.95. The number of rotatable bonds is 4. The van der Waals surface area contributed by atoms with Gasteiger partial charge in [-0.1, -0.05) is 0 Å². The van der Waals surface area contributed by atoms with E-state index in [-0.39, 0.29) is 17.8 Å². The molecular weight excluding hydrogens is 269 g/mol. The number of halogens is 1. The molecule has 1 heterocycles. The highest BCUT2D eigenvalue weighted by atomic mass is 19.1. The summed E-state index contributed by atoms with van der Waals surface area (Å²) >= 11 is 0. The van der Waals surface area contributed by atoms with Crippen LogP contribution in [0.1, 0.15) is 38.3 Å². The number of nitrogens with one attached hydrogen (secondary N) is 1. The zero-order valence-electron chi connectivity index (χ0n) is 12.7. The minimum absolute atomic E-state index is 0.0233. The molecule has 1 aromatic rings. The first-order chi connectivity index (χ1) is 9.97. The fourth-order valence-electron chi connectivity index (χ4n) is 2.84. The van der Waals surface area contributed by atoms with Crippen molar-refractivity contribution in [1.82, 2.24) is 5.32 Å². The van der Waals surface area contributed by atoms with Gasteiger partial charge in [-0.25, -0.2) is 4.39 Å². The first-order valence-electron chi connectivity index (χ1n) is 7.51. The summed E-state index contributed by atoms with van der Waals surface area (Å²) in [6.45, 7) is 5.99. The Hall–Kier alpha value is -1.62. The van der Waals surface area contributed by atoms with Crippen LogP contribution in [0, 0.1) is 11.7 Å². The highest BCUT2D eigenvalue weighted by Crippen LogP contribution is 2.29. The van der Waals surface area contributed by atoms with Crippen molar-refractivity contribution in [2.24, 2.45) is 11.7 Å². The number of hydrogen-bond donors (Lipinski definition) is 2. The molecular formula is C16H24FN3O. The van der Waals surface area contributed by atoms with Crippen LogP contribution in [-0.4, -0.2) is 25.5 Å². The molecule has 1 saturated heterocycles. The van der Waals surface area contributed by atoms with E-state index in [1.54, 1.807) is 6.92 Å². The molecule has 1 aliphatic rings. The van der Waals surface area contributed by atoms with Crippen LogP contribution < -0.4 is 16.0 Å². The van der Waals surface area contributed by atoms with Crippen molar-refractivity contribution < 1.29 is 9.18 Å². The zero-order chi connectivity index (χ0) is 15.4. The number of amides is 1. The summed E-state index contributed by atoms with van der Waals surface area (Å²) in [4.78, 5) is 13.2. The molecule has 0 aliphatic carbocycles. The van der Waals surface area contributed by atoms with Crippen LogP contribution in [0.15, 0.2) is 18.2 Å². The van der Waals surface area contributed by atoms with Crippen molar-refractivity contribution in [3.8, 4) is 0 Å². The number of carbonyl (C=O) groups excluding carboxylic acids is 1. The maximum absolute atomic E-state index is 13.4. The van der Waals surface area contributed by atoms with Crippen molar-refractivity contribution in [2.45, 2.75) is 32.7 Å². The lowest BCUT2D eigenvalue weighted by Crippen LogP contribution is -2.38. The Labute approximate surface area is 125 Å². The monoisotopic (exact) mass is 293 g/mol. The van der Waals surface area contributed by atoms with E-state index < -0.39 is 0 Å². The van der Waals surface area contributed by atoms with Gasteiger partial charge in [-0.15, -0.1) is 0 Å². The predicted octanol–water partition coefficient (Wildman–Crippen LogP) is 2.20. The molecule has 1 aromatic carbocycles. The Balaban J connectivity index is 2.00.